The Morgan fingerprint density at radius 3 is 2.33 bits per heavy atom. The van der Waals surface area contributed by atoms with Gasteiger partial charge in [-0.3, -0.25) is 10.1 Å². The normalized spacial score (nSPS) is 15.1. The van der Waals surface area contributed by atoms with Crippen molar-refractivity contribution in [2.24, 2.45) is 0 Å². The fourth-order valence-corrected chi connectivity index (χ4v) is 2.29. The number of cyclic esters (lactones) is 1. The van der Waals surface area contributed by atoms with E-state index in [2.05, 4.69) is 0 Å². The molecule has 0 amide bonds. The molecule has 0 N–H and O–H groups in total. The minimum atomic E-state index is -0.464. The molecule has 6 heteroatoms. The molecule has 120 valence electrons. The zero-order valence-electron chi connectivity index (χ0n) is 12.8. The second-order valence-electron chi connectivity index (χ2n) is 5.07. The first-order valence-electron chi connectivity index (χ1n) is 7.11. The maximum atomic E-state index is 12.0. The Morgan fingerprint density at radius 1 is 1.08 bits per heavy atom. The third-order valence-corrected chi connectivity index (χ3v) is 3.53. The van der Waals surface area contributed by atoms with E-state index in [0.717, 1.165) is 5.56 Å². The largest absolute Gasteiger partial charge is 0.497 e. The van der Waals surface area contributed by atoms with Crippen LogP contribution in [-0.2, 0) is 9.53 Å². The van der Waals surface area contributed by atoms with Gasteiger partial charge in [-0.1, -0.05) is 12.1 Å². The molecule has 1 heterocycles. The van der Waals surface area contributed by atoms with Crippen LogP contribution in [0, 0.1) is 10.1 Å². The highest BCUT2D eigenvalue weighted by molar-refractivity contribution is 6.19. The summed E-state index contributed by atoms with van der Waals surface area (Å²) in [6, 6.07) is 13.1. The Morgan fingerprint density at radius 2 is 1.75 bits per heavy atom. The number of methoxy groups -OCH3 is 1. The number of rotatable bonds is 4. The summed E-state index contributed by atoms with van der Waals surface area (Å²) in [5.41, 5.74) is 1.89. The Hall–Kier alpha value is -3.41. The summed E-state index contributed by atoms with van der Waals surface area (Å²) in [7, 11) is 1.57. The number of ether oxygens (including phenoxy) is 2. The van der Waals surface area contributed by atoms with Gasteiger partial charge in [0.2, 0.25) is 0 Å². The summed E-state index contributed by atoms with van der Waals surface area (Å²) >= 11 is 0. The summed E-state index contributed by atoms with van der Waals surface area (Å²) in [6.45, 7) is 0. The molecule has 0 unspecified atom stereocenters. The number of carbonyl (C=O) groups is 1. The number of carbonyl (C=O) groups excluding carboxylic acids is 1. The van der Waals surface area contributed by atoms with Gasteiger partial charge in [-0.2, -0.15) is 0 Å². The van der Waals surface area contributed by atoms with Gasteiger partial charge in [0.15, 0.2) is 0 Å². The number of hydrogen-bond acceptors (Lipinski definition) is 5. The van der Waals surface area contributed by atoms with Gasteiger partial charge in [0.25, 0.3) is 5.69 Å². The standard InChI is InChI=1S/C18H13NO5/c1-23-15-8-4-13(5-9-15)17-11-16(24-18(17)20)10-12-2-6-14(7-3-12)19(21)22/h2-11H,1H3. The van der Waals surface area contributed by atoms with Crippen molar-refractivity contribution < 1.29 is 19.2 Å². The topological polar surface area (TPSA) is 78.7 Å². The minimum Gasteiger partial charge on any atom is -0.497 e. The molecule has 0 spiro atoms. The highest BCUT2D eigenvalue weighted by Gasteiger charge is 2.22. The molecule has 0 saturated heterocycles. The zero-order valence-corrected chi connectivity index (χ0v) is 12.8. The Labute approximate surface area is 137 Å². The Kier molecular flexibility index (Phi) is 4.11. The molecule has 0 aliphatic carbocycles. The van der Waals surface area contributed by atoms with E-state index in [4.69, 9.17) is 9.47 Å². The van der Waals surface area contributed by atoms with Crippen molar-refractivity contribution in [1.82, 2.24) is 0 Å². The van der Waals surface area contributed by atoms with E-state index in [9.17, 15) is 14.9 Å². The highest BCUT2D eigenvalue weighted by atomic mass is 16.6. The van der Waals surface area contributed by atoms with Crippen LogP contribution in [0.3, 0.4) is 0 Å². The second kappa shape index (κ2) is 6.37. The summed E-state index contributed by atoms with van der Waals surface area (Å²) < 4.78 is 10.3. The van der Waals surface area contributed by atoms with E-state index in [1.165, 1.54) is 12.1 Å². The van der Waals surface area contributed by atoms with Gasteiger partial charge < -0.3 is 9.47 Å². The van der Waals surface area contributed by atoms with Gasteiger partial charge >= 0.3 is 5.97 Å². The number of allylic oxidation sites excluding steroid dienone is 1. The fraction of sp³-hybridized carbons (Fsp3) is 0.0556. The van der Waals surface area contributed by atoms with Gasteiger partial charge in [-0.25, -0.2) is 4.79 Å². The lowest BCUT2D eigenvalue weighted by atomic mass is 10.1. The van der Waals surface area contributed by atoms with E-state index < -0.39 is 10.9 Å². The lowest BCUT2D eigenvalue weighted by Gasteiger charge is -2.02. The van der Waals surface area contributed by atoms with Crippen LogP contribution in [0.5, 0.6) is 5.75 Å². The molecule has 0 aromatic heterocycles. The average Bonchev–Trinajstić information content (AvgIpc) is 2.95. The fourth-order valence-electron chi connectivity index (χ4n) is 2.29. The van der Waals surface area contributed by atoms with Crippen molar-refractivity contribution in [3.63, 3.8) is 0 Å². The van der Waals surface area contributed by atoms with Crippen LogP contribution in [0.25, 0.3) is 11.6 Å². The van der Waals surface area contributed by atoms with Crippen LogP contribution >= 0.6 is 0 Å². The molecule has 0 radical (unpaired) electrons. The second-order valence-corrected chi connectivity index (χ2v) is 5.07. The SMILES string of the molecule is COc1ccc(C2=CC(=Cc3ccc([N+](=O)[O-])cc3)OC2=O)cc1. The van der Waals surface area contributed by atoms with Crippen LogP contribution in [0.15, 0.2) is 60.4 Å². The van der Waals surface area contributed by atoms with E-state index in [-0.39, 0.29) is 5.69 Å². The quantitative estimate of drug-likeness (QED) is 0.488. The number of benzene rings is 2. The van der Waals surface area contributed by atoms with Gasteiger partial charge in [0, 0.05) is 12.1 Å². The number of nitrogens with zero attached hydrogens (tertiary/aromatic N) is 1. The molecule has 3 rings (SSSR count). The summed E-state index contributed by atoms with van der Waals surface area (Å²) in [4.78, 5) is 22.2. The van der Waals surface area contributed by atoms with Crippen LogP contribution in [-0.4, -0.2) is 18.0 Å². The van der Waals surface area contributed by atoms with Crippen molar-refractivity contribution in [2.75, 3.05) is 7.11 Å². The molecule has 2 aromatic carbocycles. The van der Waals surface area contributed by atoms with Gasteiger partial charge in [0.05, 0.1) is 17.6 Å². The lowest BCUT2D eigenvalue weighted by molar-refractivity contribution is -0.384. The van der Waals surface area contributed by atoms with E-state index >= 15 is 0 Å². The third-order valence-electron chi connectivity index (χ3n) is 3.53. The molecule has 0 atom stereocenters. The minimum absolute atomic E-state index is 0.00929. The maximum absolute atomic E-state index is 12.0. The summed E-state index contributed by atoms with van der Waals surface area (Å²) in [6.07, 6.45) is 3.30. The van der Waals surface area contributed by atoms with Gasteiger partial charge in [-0.15, -0.1) is 0 Å². The molecule has 2 aromatic rings. The van der Waals surface area contributed by atoms with Crippen LogP contribution in [0.4, 0.5) is 5.69 Å². The monoisotopic (exact) mass is 323 g/mol. The van der Waals surface area contributed by atoms with Crippen molar-refractivity contribution in [3.05, 3.63) is 81.6 Å². The molecule has 0 bridgehead atoms. The molecule has 0 fully saturated rings. The van der Waals surface area contributed by atoms with Crippen molar-refractivity contribution >= 4 is 23.3 Å². The first kappa shape index (κ1) is 15.5. The predicted octanol–water partition coefficient (Wildman–Crippen LogP) is 3.58. The van der Waals surface area contributed by atoms with E-state index in [1.54, 1.807) is 55.7 Å². The van der Waals surface area contributed by atoms with E-state index in [0.29, 0.717) is 22.6 Å². The maximum Gasteiger partial charge on any atom is 0.344 e. The molecule has 24 heavy (non-hydrogen) atoms. The molecule has 6 nitrogen and oxygen atoms in total. The molecule has 1 aliphatic heterocycles. The predicted molar refractivity (Wildman–Crippen MR) is 88.1 cm³/mol. The molecular weight excluding hydrogens is 310 g/mol. The van der Waals surface area contributed by atoms with Crippen LogP contribution in [0.1, 0.15) is 11.1 Å². The number of nitro groups is 1. The smallest absolute Gasteiger partial charge is 0.344 e. The first-order chi connectivity index (χ1) is 11.6. The van der Waals surface area contributed by atoms with Crippen molar-refractivity contribution in [3.8, 4) is 5.75 Å². The zero-order chi connectivity index (χ0) is 17.1. The van der Waals surface area contributed by atoms with Crippen LogP contribution < -0.4 is 4.74 Å². The first-order valence-corrected chi connectivity index (χ1v) is 7.11. The highest BCUT2D eigenvalue weighted by Crippen LogP contribution is 2.28. The molecular formula is C18H13NO5. The summed E-state index contributed by atoms with van der Waals surface area (Å²) in [5, 5.41) is 10.6. The number of hydrogen-bond donors (Lipinski definition) is 0. The summed E-state index contributed by atoms with van der Waals surface area (Å²) in [5.74, 6) is 0.653. The molecule has 0 saturated carbocycles. The number of non-ortho nitro benzene ring substituents is 1. The van der Waals surface area contributed by atoms with E-state index in [1.807, 2.05) is 0 Å². The van der Waals surface area contributed by atoms with Crippen molar-refractivity contribution in [2.45, 2.75) is 0 Å². The van der Waals surface area contributed by atoms with Crippen molar-refractivity contribution in [1.29, 1.82) is 0 Å². The number of nitro benzene ring substituents is 1. The van der Waals surface area contributed by atoms with Gasteiger partial charge in [0.1, 0.15) is 11.5 Å². The van der Waals surface area contributed by atoms with Gasteiger partial charge in [-0.05, 0) is 47.5 Å². The molecule has 1 aliphatic rings. The third kappa shape index (κ3) is 3.17. The lowest BCUT2D eigenvalue weighted by Crippen LogP contribution is -1.98. The van der Waals surface area contributed by atoms with Crippen LogP contribution in [0.2, 0.25) is 0 Å². The average molecular weight is 323 g/mol. The number of esters is 1. The Balaban J connectivity index is 1.85. The Bertz CT molecular complexity index is 848.